The van der Waals surface area contributed by atoms with E-state index in [9.17, 15) is 14.3 Å². The summed E-state index contributed by atoms with van der Waals surface area (Å²) in [5.41, 5.74) is 1.53. The van der Waals surface area contributed by atoms with Gasteiger partial charge in [0.05, 0.1) is 18.4 Å². The zero-order valence-corrected chi connectivity index (χ0v) is 15.8. The summed E-state index contributed by atoms with van der Waals surface area (Å²) in [6.45, 7) is 0.0403. The third-order valence-corrected chi connectivity index (χ3v) is 4.13. The fraction of sp³-hybridized carbons (Fsp3) is 0.182. The minimum atomic E-state index is -0.885. The van der Waals surface area contributed by atoms with Gasteiger partial charge in [0.25, 0.3) is 5.91 Å². The number of pyridine rings is 1. The molecule has 0 aliphatic heterocycles. The number of aliphatic hydroxyl groups is 1. The van der Waals surface area contributed by atoms with E-state index in [2.05, 4.69) is 10.3 Å². The maximum absolute atomic E-state index is 13.3. The van der Waals surface area contributed by atoms with Crippen molar-refractivity contribution in [3.8, 4) is 22.8 Å². The van der Waals surface area contributed by atoms with Gasteiger partial charge < -0.3 is 19.9 Å². The molecule has 0 spiro atoms. The van der Waals surface area contributed by atoms with Crippen LogP contribution in [0.25, 0.3) is 11.3 Å². The monoisotopic (exact) mass is 396 g/mol. The first kappa shape index (κ1) is 20.3. The maximum Gasteiger partial charge on any atom is 0.252 e. The lowest BCUT2D eigenvalue weighted by Gasteiger charge is -2.14. The van der Waals surface area contributed by atoms with Crippen molar-refractivity contribution < 1.29 is 23.8 Å². The summed E-state index contributed by atoms with van der Waals surface area (Å²) in [7, 11) is 1.56. The Labute approximate surface area is 167 Å². The van der Waals surface area contributed by atoms with Crippen LogP contribution in [-0.2, 0) is 0 Å². The summed E-state index contributed by atoms with van der Waals surface area (Å²) < 4.78 is 23.9. The Balaban J connectivity index is 1.49. The van der Waals surface area contributed by atoms with Crippen LogP contribution in [0.5, 0.6) is 11.5 Å². The molecule has 1 amide bonds. The molecule has 3 rings (SSSR count). The SMILES string of the molecule is COc1cccc(OCC(O)CNC(=O)c2ccc(-c3cccc(F)c3)nc2)c1. The molecule has 150 valence electrons. The predicted octanol–water partition coefficient (Wildman–Crippen LogP) is 3.07. The van der Waals surface area contributed by atoms with Gasteiger partial charge in [0, 0.05) is 24.4 Å². The van der Waals surface area contributed by atoms with Gasteiger partial charge in [-0.2, -0.15) is 0 Å². The maximum atomic E-state index is 13.3. The van der Waals surface area contributed by atoms with Crippen molar-refractivity contribution >= 4 is 5.91 Å². The van der Waals surface area contributed by atoms with E-state index in [1.807, 2.05) is 0 Å². The highest BCUT2D eigenvalue weighted by molar-refractivity contribution is 5.94. The first-order valence-electron chi connectivity index (χ1n) is 9.00. The zero-order valence-electron chi connectivity index (χ0n) is 15.8. The van der Waals surface area contributed by atoms with E-state index in [-0.39, 0.29) is 24.9 Å². The Hall–Kier alpha value is -3.45. The topological polar surface area (TPSA) is 80.7 Å². The third-order valence-electron chi connectivity index (χ3n) is 4.13. The van der Waals surface area contributed by atoms with Crippen molar-refractivity contribution in [2.24, 2.45) is 0 Å². The van der Waals surface area contributed by atoms with E-state index in [4.69, 9.17) is 9.47 Å². The molecule has 3 aromatic rings. The molecule has 1 aromatic heterocycles. The molecule has 1 unspecified atom stereocenters. The van der Waals surface area contributed by atoms with E-state index in [0.29, 0.717) is 28.3 Å². The summed E-state index contributed by atoms with van der Waals surface area (Å²) in [5.74, 6) is 0.492. The Morgan fingerprint density at radius 1 is 1.14 bits per heavy atom. The number of carbonyl (C=O) groups excluding carboxylic acids is 1. The van der Waals surface area contributed by atoms with Gasteiger partial charge in [-0.3, -0.25) is 9.78 Å². The molecule has 6 nitrogen and oxygen atoms in total. The van der Waals surface area contributed by atoms with Crippen LogP contribution in [-0.4, -0.2) is 42.4 Å². The largest absolute Gasteiger partial charge is 0.497 e. The summed E-state index contributed by atoms with van der Waals surface area (Å²) in [4.78, 5) is 16.4. The van der Waals surface area contributed by atoms with E-state index >= 15 is 0 Å². The second kappa shape index (κ2) is 9.66. The van der Waals surface area contributed by atoms with Crippen LogP contribution in [0.4, 0.5) is 4.39 Å². The molecular formula is C22H21FN2O4. The Bertz CT molecular complexity index is 963. The van der Waals surface area contributed by atoms with E-state index in [1.165, 1.54) is 18.3 Å². The number of nitrogens with one attached hydrogen (secondary N) is 1. The molecule has 0 bridgehead atoms. The number of amides is 1. The van der Waals surface area contributed by atoms with E-state index in [0.717, 1.165) is 0 Å². The van der Waals surface area contributed by atoms with Crippen LogP contribution in [0.2, 0.25) is 0 Å². The molecule has 0 saturated heterocycles. The molecule has 7 heteroatoms. The molecule has 0 aliphatic carbocycles. The van der Waals surface area contributed by atoms with Crippen LogP contribution >= 0.6 is 0 Å². The average Bonchev–Trinajstić information content (AvgIpc) is 2.76. The molecule has 0 radical (unpaired) electrons. The molecule has 1 heterocycles. The van der Waals surface area contributed by atoms with Crippen LogP contribution < -0.4 is 14.8 Å². The molecule has 2 aromatic carbocycles. The number of benzene rings is 2. The molecular weight excluding hydrogens is 375 g/mol. The van der Waals surface area contributed by atoms with Crippen LogP contribution in [0.3, 0.4) is 0 Å². The third kappa shape index (κ3) is 5.76. The van der Waals surface area contributed by atoms with E-state index < -0.39 is 6.10 Å². The first-order chi connectivity index (χ1) is 14.0. The summed E-state index contributed by atoms with van der Waals surface area (Å²) in [6.07, 6.45) is 0.527. The number of hydrogen-bond donors (Lipinski definition) is 2. The molecule has 0 fully saturated rings. The highest BCUT2D eigenvalue weighted by Crippen LogP contribution is 2.19. The van der Waals surface area contributed by atoms with Gasteiger partial charge >= 0.3 is 0 Å². The Morgan fingerprint density at radius 2 is 1.93 bits per heavy atom. The van der Waals surface area contributed by atoms with Crippen molar-refractivity contribution in [3.63, 3.8) is 0 Å². The normalized spacial score (nSPS) is 11.6. The van der Waals surface area contributed by atoms with Gasteiger partial charge in [0.1, 0.15) is 30.0 Å². The highest BCUT2D eigenvalue weighted by atomic mass is 19.1. The lowest BCUT2D eigenvalue weighted by molar-refractivity contribution is 0.0843. The lowest BCUT2D eigenvalue weighted by atomic mass is 10.1. The van der Waals surface area contributed by atoms with Crippen LogP contribution in [0, 0.1) is 5.82 Å². The minimum Gasteiger partial charge on any atom is -0.497 e. The smallest absolute Gasteiger partial charge is 0.252 e. The Kier molecular flexibility index (Phi) is 6.76. The molecule has 0 saturated carbocycles. The summed E-state index contributed by atoms with van der Waals surface area (Å²) in [6, 6.07) is 16.3. The van der Waals surface area contributed by atoms with Gasteiger partial charge in [-0.25, -0.2) is 4.39 Å². The number of carbonyl (C=O) groups is 1. The van der Waals surface area contributed by atoms with Gasteiger partial charge in [-0.1, -0.05) is 18.2 Å². The molecule has 29 heavy (non-hydrogen) atoms. The van der Waals surface area contributed by atoms with Gasteiger partial charge in [-0.05, 0) is 36.4 Å². The second-order valence-corrected chi connectivity index (χ2v) is 6.30. The molecule has 1 atom stereocenters. The van der Waals surface area contributed by atoms with Crippen LogP contribution in [0.15, 0.2) is 66.9 Å². The minimum absolute atomic E-state index is 0.0181. The van der Waals surface area contributed by atoms with Crippen molar-refractivity contribution in [2.45, 2.75) is 6.10 Å². The number of halogens is 1. The summed E-state index contributed by atoms with van der Waals surface area (Å²) >= 11 is 0. The number of rotatable bonds is 8. The highest BCUT2D eigenvalue weighted by Gasteiger charge is 2.11. The number of nitrogens with zero attached hydrogens (tertiary/aromatic N) is 1. The van der Waals surface area contributed by atoms with Gasteiger partial charge in [-0.15, -0.1) is 0 Å². The number of ether oxygens (including phenoxy) is 2. The van der Waals surface area contributed by atoms with Crippen molar-refractivity contribution in [1.29, 1.82) is 0 Å². The quantitative estimate of drug-likeness (QED) is 0.612. The summed E-state index contributed by atoms with van der Waals surface area (Å²) in [5, 5.41) is 12.7. The van der Waals surface area contributed by atoms with Crippen LogP contribution in [0.1, 0.15) is 10.4 Å². The Morgan fingerprint density at radius 3 is 2.66 bits per heavy atom. The van der Waals surface area contributed by atoms with Gasteiger partial charge in [0.15, 0.2) is 0 Å². The lowest BCUT2D eigenvalue weighted by Crippen LogP contribution is -2.35. The standard InChI is InChI=1S/C22H21FN2O4/c1-28-19-6-3-7-20(11-19)29-14-18(26)13-25-22(27)16-8-9-21(24-12-16)15-4-2-5-17(23)10-15/h2-12,18,26H,13-14H2,1H3,(H,25,27). The molecule has 0 aliphatic rings. The predicted molar refractivity (Wildman–Crippen MR) is 106 cm³/mol. The fourth-order valence-electron chi connectivity index (χ4n) is 2.60. The van der Waals surface area contributed by atoms with Crippen molar-refractivity contribution in [3.05, 3.63) is 78.2 Å². The number of hydrogen-bond acceptors (Lipinski definition) is 5. The van der Waals surface area contributed by atoms with Crippen molar-refractivity contribution in [1.82, 2.24) is 10.3 Å². The number of aliphatic hydroxyl groups excluding tert-OH is 1. The molecule has 2 N–H and O–H groups in total. The van der Waals surface area contributed by atoms with Crippen molar-refractivity contribution in [2.75, 3.05) is 20.3 Å². The number of aromatic nitrogens is 1. The number of methoxy groups -OCH3 is 1. The zero-order chi connectivity index (χ0) is 20.6. The average molecular weight is 396 g/mol. The first-order valence-corrected chi connectivity index (χ1v) is 9.00. The van der Waals surface area contributed by atoms with Gasteiger partial charge in [0.2, 0.25) is 0 Å². The fourth-order valence-corrected chi connectivity index (χ4v) is 2.60. The second-order valence-electron chi connectivity index (χ2n) is 6.30. The van der Waals surface area contributed by atoms with E-state index in [1.54, 1.807) is 55.6 Å².